The number of phenols is 1. The Balaban J connectivity index is 1.95. The highest BCUT2D eigenvalue weighted by molar-refractivity contribution is 7.09. The molecule has 0 bridgehead atoms. The minimum absolute atomic E-state index is 0.286. The lowest BCUT2D eigenvalue weighted by molar-refractivity contribution is 0.475. The van der Waals surface area contributed by atoms with Gasteiger partial charge in [0.15, 0.2) is 0 Å². The number of aromatic hydroxyl groups is 1. The van der Waals surface area contributed by atoms with Crippen molar-refractivity contribution in [1.29, 1.82) is 0 Å². The number of phenolic OH excluding ortho intramolecular Hbond substituents is 1. The van der Waals surface area contributed by atoms with Crippen LogP contribution in [0, 0.1) is 0 Å². The Labute approximate surface area is 86.1 Å². The van der Waals surface area contributed by atoms with Crippen molar-refractivity contribution in [1.82, 2.24) is 4.98 Å². The summed E-state index contributed by atoms with van der Waals surface area (Å²) < 4.78 is 0. The van der Waals surface area contributed by atoms with Crippen LogP contribution in [0.15, 0.2) is 36.0 Å². The molecule has 14 heavy (non-hydrogen) atoms. The zero-order valence-electron chi connectivity index (χ0n) is 7.47. The van der Waals surface area contributed by atoms with E-state index in [4.69, 9.17) is 5.11 Å². The van der Waals surface area contributed by atoms with Gasteiger partial charge in [-0.25, -0.2) is 0 Å². The first-order valence-corrected chi connectivity index (χ1v) is 5.13. The molecule has 72 valence electrons. The summed E-state index contributed by atoms with van der Waals surface area (Å²) in [6.45, 7) is 0.773. The van der Waals surface area contributed by atoms with E-state index in [0.717, 1.165) is 12.2 Å². The minimum atomic E-state index is 0.286. The van der Waals surface area contributed by atoms with Crippen molar-refractivity contribution in [3.8, 4) is 5.75 Å². The molecular formula is C10H10N2OS. The van der Waals surface area contributed by atoms with Gasteiger partial charge in [-0.2, -0.15) is 0 Å². The van der Waals surface area contributed by atoms with Crippen LogP contribution in [0.5, 0.6) is 5.75 Å². The van der Waals surface area contributed by atoms with Crippen molar-refractivity contribution >= 4 is 17.0 Å². The fraction of sp³-hybridized carbons (Fsp3) is 0.100. The molecule has 2 aromatic rings. The van der Waals surface area contributed by atoms with Gasteiger partial charge in [-0.1, -0.05) is 0 Å². The van der Waals surface area contributed by atoms with Crippen LogP contribution in [-0.2, 0) is 6.54 Å². The molecule has 0 aliphatic carbocycles. The van der Waals surface area contributed by atoms with Crippen LogP contribution in [0.3, 0.4) is 0 Å². The first-order valence-electron chi connectivity index (χ1n) is 4.25. The molecule has 3 nitrogen and oxygen atoms in total. The Morgan fingerprint density at radius 2 is 2.07 bits per heavy atom. The summed E-state index contributed by atoms with van der Waals surface area (Å²) in [6.07, 6.45) is 1.85. The predicted molar refractivity (Wildman–Crippen MR) is 57.5 cm³/mol. The van der Waals surface area contributed by atoms with Crippen molar-refractivity contribution in [3.63, 3.8) is 0 Å². The van der Waals surface area contributed by atoms with Gasteiger partial charge in [0.2, 0.25) is 0 Å². The summed E-state index contributed by atoms with van der Waals surface area (Å²) in [5.41, 5.74) is 2.81. The molecule has 0 amide bonds. The lowest BCUT2D eigenvalue weighted by Gasteiger charge is -2.03. The zero-order chi connectivity index (χ0) is 9.80. The van der Waals surface area contributed by atoms with Gasteiger partial charge in [0.25, 0.3) is 0 Å². The number of hydrogen-bond acceptors (Lipinski definition) is 4. The molecule has 0 atom stereocenters. The summed E-state index contributed by atoms with van der Waals surface area (Å²) in [7, 11) is 0. The number of nitrogens with zero attached hydrogens (tertiary/aromatic N) is 1. The van der Waals surface area contributed by atoms with Gasteiger partial charge in [0, 0.05) is 16.8 Å². The molecule has 2 rings (SSSR count). The van der Waals surface area contributed by atoms with Gasteiger partial charge in [-0.3, -0.25) is 4.98 Å². The van der Waals surface area contributed by atoms with Crippen molar-refractivity contribution in [3.05, 3.63) is 40.8 Å². The van der Waals surface area contributed by atoms with Gasteiger partial charge < -0.3 is 10.4 Å². The maximum atomic E-state index is 9.07. The number of thiazole rings is 1. The van der Waals surface area contributed by atoms with Crippen LogP contribution in [0.4, 0.5) is 5.69 Å². The first kappa shape index (κ1) is 9.02. The van der Waals surface area contributed by atoms with E-state index in [1.54, 1.807) is 23.5 Å². The summed E-state index contributed by atoms with van der Waals surface area (Å²) in [6, 6.07) is 7.01. The summed E-state index contributed by atoms with van der Waals surface area (Å²) in [5, 5.41) is 12.3. The van der Waals surface area contributed by atoms with E-state index in [-0.39, 0.29) is 5.75 Å². The van der Waals surface area contributed by atoms with E-state index in [0.29, 0.717) is 0 Å². The van der Waals surface area contributed by atoms with Gasteiger partial charge >= 0.3 is 0 Å². The quantitative estimate of drug-likeness (QED) is 0.758. The fourth-order valence-corrected chi connectivity index (χ4v) is 1.63. The topological polar surface area (TPSA) is 45.1 Å². The largest absolute Gasteiger partial charge is 0.508 e. The first-order chi connectivity index (χ1) is 6.84. The molecular weight excluding hydrogens is 196 g/mol. The third-order valence-electron chi connectivity index (χ3n) is 1.82. The van der Waals surface area contributed by atoms with Crippen LogP contribution in [-0.4, -0.2) is 10.1 Å². The highest BCUT2D eigenvalue weighted by Gasteiger charge is 1.95. The molecule has 0 spiro atoms. The Morgan fingerprint density at radius 3 is 2.71 bits per heavy atom. The van der Waals surface area contributed by atoms with Crippen LogP contribution in [0.25, 0.3) is 0 Å². The Kier molecular flexibility index (Phi) is 2.65. The molecule has 0 unspecified atom stereocenters. The third kappa shape index (κ3) is 2.23. The maximum Gasteiger partial charge on any atom is 0.115 e. The second-order valence-corrected chi connectivity index (χ2v) is 3.84. The van der Waals surface area contributed by atoms with Gasteiger partial charge in [0.1, 0.15) is 5.75 Å². The summed E-state index contributed by atoms with van der Waals surface area (Å²) in [4.78, 5) is 5.18. The Hall–Kier alpha value is -1.55. The number of rotatable bonds is 3. The molecule has 2 N–H and O–H groups in total. The molecule has 0 radical (unpaired) electrons. The highest BCUT2D eigenvalue weighted by atomic mass is 32.1. The number of nitrogens with one attached hydrogen (secondary N) is 1. The van der Waals surface area contributed by atoms with E-state index in [9.17, 15) is 0 Å². The molecule has 0 aliphatic rings. The minimum Gasteiger partial charge on any atom is -0.508 e. The SMILES string of the molecule is Oc1ccc(NCc2cncs2)cc1. The van der Waals surface area contributed by atoms with E-state index >= 15 is 0 Å². The molecule has 0 saturated heterocycles. The van der Waals surface area contributed by atoms with E-state index in [2.05, 4.69) is 10.3 Å². The average Bonchev–Trinajstić information content (AvgIpc) is 2.70. The fourth-order valence-electron chi connectivity index (χ4n) is 1.10. The number of benzene rings is 1. The monoisotopic (exact) mass is 206 g/mol. The smallest absolute Gasteiger partial charge is 0.115 e. The lowest BCUT2D eigenvalue weighted by atomic mass is 10.3. The predicted octanol–water partition coefficient (Wildman–Crippen LogP) is 2.46. The second kappa shape index (κ2) is 4.11. The van der Waals surface area contributed by atoms with E-state index in [1.807, 2.05) is 23.8 Å². The molecule has 0 aliphatic heterocycles. The zero-order valence-corrected chi connectivity index (χ0v) is 8.29. The second-order valence-electron chi connectivity index (χ2n) is 2.87. The lowest BCUT2D eigenvalue weighted by Crippen LogP contribution is -1.96. The number of anilines is 1. The molecule has 0 saturated carbocycles. The van der Waals surface area contributed by atoms with E-state index in [1.165, 1.54) is 4.88 Å². The van der Waals surface area contributed by atoms with Crippen molar-refractivity contribution in [2.24, 2.45) is 0 Å². The molecule has 0 fully saturated rings. The Bertz CT molecular complexity index is 383. The molecule has 4 heteroatoms. The van der Waals surface area contributed by atoms with Gasteiger partial charge in [-0.15, -0.1) is 11.3 Å². The average molecular weight is 206 g/mol. The van der Waals surface area contributed by atoms with Crippen LogP contribution in [0.2, 0.25) is 0 Å². The molecule has 1 heterocycles. The van der Waals surface area contributed by atoms with Crippen LogP contribution in [0.1, 0.15) is 4.88 Å². The van der Waals surface area contributed by atoms with Crippen molar-refractivity contribution in [2.45, 2.75) is 6.54 Å². The summed E-state index contributed by atoms with van der Waals surface area (Å²) in [5.74, 6) is 0.286. The highest BCUT2D eigenvalue weighted by Crippen LogP contribution is 2.15. The van der Waals surface area contributed by atoms with Crippen molar-refractivity contribution < 1.29 is 5.11 Å². The van der Waals surface area contributed by atoms with Crippen LogP contribution < -0.4 is 5.32 Å². The van der Waals surface area contributed by atoms with Crippen molar-refractivity contribution in [2.75, 3.05) is 5.32 Å². The number of hydrogen-bond donors (Lipinski definition) is 2. The Morgan fingerprint density at radius 1 is 1.29 bits per heavy atom. The van der Waals surface area contributed by atoms with Crippen LogP contribution >= 0.6 is 11.3 Å². The van der Waals surface area contributed by atoms with Gasteiger partial charge in [0.05, 0.1) is 12.1 Å². The molecule has 1 aromatic carbocycles. The third-order valence-corrected chi connectivity index (χ3v) is 2.60. The van der Waals surface area contributed by atoms with Gasteiger partial charge in [-0.05, 0) is 24.3 Å². The standard InChI is InChI=1S/C10H10N2OS/c13-9-3-1-8(2-4-9)12-6-10-5-11-7-14-10/h1-5,7,12-13H,6H2. The number of aromatic nitrogens is 1. The van der Waals surface area contributed by atoms with E-state index < -0.39 is 0 Å². The summed E-state index contributed by atoms with van der Waals surface area (Å²) >= 11 is 1.62. The maximum absolute atomic E-state index is 9.07. The molecule has 1 aromatic heterocycles. The normalized spacial score (nSPS) is 10.0.